The van der Waals surface area contributed by atoms with Crippen molar-refractivity contribution in [1.29, 1.82) is 0 Å². The van der Waals surface area contributed by atoms with Crippen molar-refractivity contribution in [3.05, 3.63) is 0 Å². The van der Waals surface area contributed by atoms with Crippen LogP contribution in [0.5, 0.6) is 0 Å². The van der Waals surface area contributed by atoms with E-state index < -0.39 is 0 Å². The van der Waals surface area contributed by atoms with Crippen molar-refractivity contribution < 1.29 is 0 Å². The zero-order chi connectivity index (χ0) is 11.9. The van der Waals surface area contributed by atoms with Crippen LogP contribution in [0.15, 0.2) is 0 Å². The molecule has 0 saturated carbocycles. The summed E-state index contributed by atoms with van der Waals surface area (Å²) < 4.78 is 0. The Kier molecular flexibility index (Phi) is 6.12. The summed E-state index contributed by atoms with van der Waals surface area (Å²) in [5.41, 5.74) is 0. The van der Waals surface area contributed by atoms with Gasteiger partial charge in [0.15, 0.2) is 0 Å². The fourth-order valence-corrected chi connectivity index (χ4v) is 3.61. The van der Waals surface area contributed by atoms with Crippen molar-refractivity contribution in [2.75, 3.05) is 64.4 Å². The van der Waals surface area contributed by atoms with Crippen LogP contribution in [0.4, 0.5) is 0 Å². The quantitative estimate of drug-likeness (QED) is 0.739. The van der Waals surface area contributed by atoms with E-state index in [-0.39, 0.29) is 0 Å². The van der Waals surface area contributed by atoms with Gasteiger partial charge in [-0.2, -0.15) is 11.8 Å². The lowest BCUT2D eigenvalue weighted by Crippen LogP contribution is -2.40. The molecule has 2 saturated heterocycles. The minimum Gasteiger partial charge on any atom is -0.315 e. The standard InChI is InChI=1S/C13H27N3S/c1-15-5-2-13(3-6-15)12-14-4-7-16-8-10-17-11-9-16/h13-14H,2-12H2,1H3. The van der Waals surface area contributed by atoms with Crippen LogP contribution in [0.3, 0.4) is 0 Å². The van der Waals surface area contributed by atoms with Gasteiger partial charge in [-0.15, -0.1) is 0 Å². The first-order valence-corrected chi connectivity index (χ1v) is 8.19. The number of hydrogen-bond donors (Lipinski definition) is 1. The first kappa shape index (κ1) is 13.7. The fourth-order valence-electron chi connectivity index (χ4n) is 2.63. The van der Waals surface area contributed by atoms with Crippen LogP contribution >= 0.6 is 11.8 Å². The zero-order valence-electron chi connectivity index (χ0n) is 11.2. The minimum absolute atomic E-state index is 0.920. The number of rotatable bonds is 5. The van der Waals surface area contributed by atoms with Gasteiger partial charge in [0.1, 0.15) is 0 Å². The SMILES string of the molecule is CN1CCC(CNCCN2CCSCC2)CC1. The molecule has 0 atom stereocenters. The van der Waals surface area contributed by atoms with E-state index in [1.807, 2.05) is 0 Å². The first-order valence-electron chi connectivity index (χ1n) is 7.04. The summed E-state index contributed by atoms with van der Waals surface area (Å²) >= 11 is 2.09. The third-order valence-corrected chi connectivity index (χ3v) is 4.92. The van der Waals surface area contributed by atoms with E-state index in [0.717, 1.165) is 5.92 Å². The second-order valence-electron chi connectivity index (χ2n) is 5.40. The van der Waals surface area contributed by atoms with Crippen LogP contribution < -0.4 is 5.32 Å². The van der Waals surface area contributed by atoms with Crippen molar-refractivity contribution in [1.82, 2.24) is 15.1 Å². The second-order valence-corrected chi connectivity index (χ2v) is 6.63. The van der Waals surface area contributed by atoms with E-state index >= 15 is 0 Å². The molecule has 3 nitrogen and oxygen atoms in total. The number of thioether (sulfide) groups is 1. The highest BCUT2D eigenvalue weighted by Crippen LogP contribution is 2.14. The zero-order valence-corrected chi connectivity index (χ0v) is 12.0. The third kappa shape index (κ3) is 5.16. The molecule has 2 aliphatic rings. The van der Waals surface area contributed by atoms with Crippen LogP contribution in [0.2, 0.25) is 0 Å². The molecule has 0 spiro atoms. The fraction of sp³-hybridized carbons (Fsp3) is 1.00. The van der Waals surface area contributed by atoms with Gasteiger partial charge < -0.3 is 15.1 Å². The van der Waals surface area contributed by atoms with Crippen LogP contribution in [0.1, 0.15) is 12.8 Å². The molecule has 2 aliphatic heterocycles. The van der Waals surface area contributed by atoms with Crippen LogP contribution in [0, 0.1) is 5.92 Å². The van der Waals surface area contributed by atoms with Crippen molar-refractivity contribution in [3.8, 4) is 0 Å². The Morgan fingerprint density at radius 1 is 1.12 bits per heavy atom. The van der Waals surface area contributed by atoms with Gasteiger partial charge >= 0.3 is 0 Å². The maximum Gasteiger partial charge on any atom is 0.0107 e. The lowest BCUT2D eigenvalue weighted by molar-refractivity contribution is 0.213. The summed E-state index contributed by atoms with van der Waals surface area (Å²) in [5, 5.41) is 3.65. The lowest BCUT2D eigenvalue weighted by Gasteiger charge is -2.30. The molecule has 0 bridgehead atoms. The molecule has 100 valence electrons. The van der Waals surface area contributed by atoms with E-state index in [1.165, 1.54) is 70.2 Å². The van der Waals surface area contributed by atoms with E-state index in [0.29, 0.717) is 0 Å². The van der Waals surface area contributed by atoms with Crippen molar-refractivity contribution >= 4 is 11.8 Å². The number of hydrogen-bond acceptors (Lipinski definition) is 4. The van der Waals surface area contributed by atoms with Gasteiger partial charge in [-0.1, -0.05) is 0 Å². The molecule has 0 unspecified atom stereocenters. The lowest BCUT2D eigenvalue weighted by atomic mass is 9.97. The van der Waals surface area contributed by atoms with Gasteiger partial charge in [0, 0.05) is 37.7 Å². The maximum atomic E-state index is 3.65. The number of likely N-dealkylation sites (tertiary alicyclic amines) is 1. The van der Waals surface area contributed by atoms with Gasteiger partial charge in [0.25, 0.3) is 0 Å². The average Bonchev–Trinajstić information content (AvgIpc) is 2.38. The van der Waals surface area contributed by atoms with Crippen LogP contribution in [0.25, 0.3) is 0 Å². The van der Waals surface area contributed by atoms with Crippen molar-refractivity contribution in [2.45, 2.75) is 12.8 Å². The molecule has 0 amide bonds. The van der Waals surface area contributed by atoms with E-state index in [9.17, 15) is 0 Å². The molecule has 1 N–H and O–H groups in total. The highest BCUT2D eigenvalue weighted by molar-refractivity contribution is 7.99. The largest absolute Gasteiger partial charge is 0.315 e. The summed E-state index contributed by atoms with van der Waals surface area (Å²) in [6, 6.07) is 0. The van der Waals surface area contributed by atoms with Gasteiger partial charge in [-0.3, -0.25) is 0 Å². The Morgan fingerprint density at radius 3 is 2.53 bits per heavy atom. The Balaban J connectivity index is 1.48. The Labute approximate surface area is 110 Å². The predicted octanol–water partition coefficient (Wildman–Crippen LogP) is 0.967. The number of nitrogens with one attached hydrogen (secondary N) is 1. The van der Waals surface area contributed by atoms with Gasteiger partial charge in [-0.25, -0.2) is 0 Å². The van der Waals surface area contributed by atoms with Gasteiger partial charge in [0.05, 0.1) is 0 Å². The molecule has 4 heteroatoms. The van der Waals surface area contributed by atoms with Crippen LogP contribution in [-0.2, 0) is 0 Å². The summed E-state index contributed by atoms with van der Waals surface area (Å²) in [6.07, 6.45) is 2.76. The van der Waals surface area contributed by atoms with Crippen LogP contribution in [-0.4, -0.2) is 74.2 Å². The molecule has 0 radical (unpaired) electrons. The van der Waals surface area contributed by atoms with E-state index in [1.54, 1.807) is 0 Å². The van der Waals surface area contributed by atoms with Gasteiger partial charge in [-0.05, 0) is 45.4 Å². The minimum atomic E-state index is 0.920. The summed E-state index contributed by atoms with van der Waals surface area (Å²) in [4.78, 5) is 5.04. The highest BCUT2D eigenvalue weighted by atomic mass is 32.2. The second kappa shape index (κ2) is 7.62. The Morgan fingerprint density at radius 2 is 1.82 bits per heavy atom. The molecule has 2 fully saturated rings. The molecule has 0 aromatic heterocycles. The van der Waals surface area contributed by atoms with E-state index in [2.05, 4.69) is 33.9 Å². The molecular weight excluding hydrogens is 230 g/mol. The summed E-state index contributed by atoms with van der Waals surface area (Å²) in [6.45, 7) is 8.81. The number of nitrogens with zero attached hydrogens (tertiary/aromatic N) is 2. The van der Waals surface area contributed by atoms with Crippen molar-refractivity contribution in [3.63, 3.8) is 0 Å². The molecular formula is C13H27N3S. The normalized spacial score (nSPS) is 25.2. The van der Waals surface area contributed by atoms with Gasteiger partial charge in [0.2, 0.25) is 0 Å². The predicted molar refractivity (Wildman–Crippen MR) is 76.9 cm³/mol. The average molecular weight is 257 g/mol. The highest BCUT2D eigenvalue weighted by Gasteiger charge is 2.16. The molecule has 0 aromatic carbocycles. The molecule has 0 aromatic rings. The monoisotopic (exact) mass is 257 g/mol. The molecule has 2 rings (SSSR count). The molecule has 17 heavy (non-hydrogen) atoms. The maximum absolute atomic E-state index is 3.65. The number of piperidine rings is 1. The first-order chi connectivity index (χ1) is 8.34. The topological polar surface area (TPSA) is 18.5 Å². The smallest absolute Gasteiger partial charge is 0.0107 e. The van der Waals surface area contributed by atoms with E-state index in [4.69, 9.17) is 0 Å². The van der Waals surface area contributed by atoms with Crippen molar-refractivity contribution in [2.24, 2.45) is 5.92 Å². The summed E-state index contributed by atoms with van der Waals surface area (Å²) in [7, 11) is 2.23. The summed E-state index contributed by atoms with van der Waals surface area (Å²) in [5.74, 6) is 3.58. The Bertz CT molecular complexity index is 199. The third-order valence-electron chi connectivity index (χ3n) is 3.98. The molecule has 0 aliphatic carbocycles. The molecule has 2 heterocycles. The Hall–Kier alpha value is 0.230.